The highest BCUT2D eigenvalue weighted by molar-refractivity contribution is 5.85. The molecule has 0 heterocycles. The first-order valence-electron chi connectivity index (χ1n) is 6.06. The van der Waals surface area contributed by atoms with E-state index in [1.54, 1.807) is 27.4 Å². The second-order valence-electron chi connectivity index (χ2n) is 4.69. The smallest absolute Gasteiger partial charge is 0.314 e. The van der Waals surface area contributed by atoms with Crippen LogP contribution in [0.1, 0.15) is 24.0 Å². The van der Waals surface area contributed by atoms with Crippen molar-refractivity contribution in [1.82, 2.24) is 0 Å². The largest absolute Gasteiger partial charge is 0.493 e. The van der Waals surface area contributed by atoms with Gasteiger partial charge in [-0.25, -0.2) is 0 Å². The summed E-state index contributed by atoms with van der Waals surface area (Å²) >= 11 is 0. The van der Waals surface area contributed by atoms with Gasteiger partial charge in [0.05, 0.1) is 26.2 Å². The van der Waals surface area contributed by atoms with E-state index in [1.165, 1.54) is 0 Å². The number of aliphatic carboxylic acids is 1. The maximum absolute atomic E-state index is 11.4. The van der Waals surface area contributed by atoms with Gasteiger partial charge >= 0.3 is 5.97 Å². The standard InChI is InChI=1S/C14H18O5/c1-17-8-9-6-10(14(4-5-14)13(15)16)7-11(18-2)12(9)19-3/h6-7H,4-5,8H2,1-3H3,(H,15,16). The summed E-state index contributed by atoms with van der Waals surface area (Å²) in [6.45, 7) is 0.350. The van der Waals surface area contributed by atoms with Gasteiger partial charge in [-0.15, -0.1) is 0 Å². The Morgan fingerprint density at radius 1 is 1.26 bits per heavy atom. The lowest BCUT2D eigenvalue weighted by Crippen LogP contribution is -2.20. The molecule has 0 bridgehead atoms. The Labute approximate surface area is 112 Å². The van der Waals surface area contributed by atoms with Crippen molar-refractivity contribution >= 4 is 5.97 Å². The molecule has 0 aliphatic heterocycles. The van der Waals surface area contributed by atoms with E-state index in [4.69, 9.17) is 14.2 Å². The van der Waals surface area contributed by atoms with Gasteiger partial charge < -0.3 is 19.3 Å². The number of carboxylic acids is 1. The average Bonchev–Trinajstić information content (AvgIpc) is 3.19. The number of benzene rings is 1. The van der Waals surface area contributed by atoms with Crippen LogP contribution < -0.4 is 9.47 Å². The van der Waals surface area contributed by atoms with Crippen LogP contribution in [0.5, 0.6) is 11.5 Å². The Morgan fingerprint density at radius 3 is 2.37 bits per heavy atom. The molecular formula is C14H18O5. The maximum Gasteiger partial charge on any atom is 0.314 e. The summed E-state index contributed by atoms with van der Waals surface area (Å²) in [7, 11) is 4.68. The first-order valence-corrected chi connectivity index (χ1v) is 6.06. The van der Waals surface area contributed by atoms with Gasteiger partial charge in [0.1, 0.15) is 0 Å². The molecule has 2 rings (SSSR count). The Hall–Kier alpha value is -1.75. The summed E-state index contributed by atoms with van der Waals surface area (Å²) in [5, 5.41) is 9.36. The summed E-state index contributed by atoms with van der Waals surface area (Å²) in [4.78, 5) is 11.4. The highest BCUT2D eigenvalue weighted by Crippen LogP contribution is 2.50. The van der Waals surface area contributed by atoms with E-state index in [2.05, 4.69) is 0 Å². The van der Waals surface area contributed by atoms with Crippen LogP contribution >= 0.6 is 0 Å². The van der Waals surface area contributed by atoms with Gasteiger partial charge in [0.25, 0.3) is 0 Å². The van der Waals surface area contributed by atoms with Crippen molar-refractivity contribution in [2.45, 2.75) is 24.9 Å². The molecule has 1 N–H and O–H groups in total. The quantitative estimate of drug-likeness (QED) is 0.852. The van der Waals surface area contributed by atoms with E-state index in [0.29, 0.717) is 30.9 Å². The number of ether oxygens (including phenoxy) is 3. The molecule has 1 aliphatic carbocycles. The fourth-order valence-corrected chi connectivity index (χ4v) is 2.33. The normalized spacial score (nSPS) is 15.9. The fourth-order valence-electron chi connectivity index (χ4n) is 2.33. The minimum atomic E-state index is -0.789. The molecule has 19 heavy (non-hydrogen) atoms. The van der Waals surface area contributed by atoms with Gasteiger partial charge in [0, 0.05) is 12.7 Å². The first-order chi connectivity index (χ1) is 9.08. The summed E-state index contributed by atoms with van der Waals surface area (Å²) in [6, 6.07) is 3.59. The third kappa shape index (κ3) is 2.26. The second-order valence-corrected chi connectivity index (χ2v) is 4.69. The SMILES string of the molecule is COCc1cc(C2(C(=O)O)CC2)cc(OC)c1OC. The van der Waals surface area contributed by atoms with Gasteiger partial charge in [0.15, 0.2) is 11.5 Å². The Kier molecular flexibility index (Phi) is 3.66. The Morgan fingerprint density at radius 2 is 1.95 bits per heavy atom. The zero-order valence-corrected chi connectivity index (χ0v) is 11.4. The first kappa shape index (κ1) is 13.7. The van der Waals surface area contributed by atoms with E-state index < -0.39 is 11.4 Å². The molecule has 1 aliphatic rings. The van der Waals surface area contributed by atoms with E-state index in [-0.39, 0.29) is 0 Å². The fraction of sp³-hybridized carbons (Fsp3) is 0.500. The Balaban J connectivity index is 2.52. The van der Waals surface area contributed by atoms with E-state index in [0.717, 1.165) is 11.1 Å². The molecule has 0 radical (unpaired) electrons. The molecule has 0 unspecified atom stereocenters. The molecule has 0 spiro atoms. The highest BCUT2D eigenvalue weighted by Gasteiger charge is 2.52. The van der Waals surface area contributed by atoms with Gasteiger partial charge in [0.2, 0.25) is 0 Å². The zero-order chi connectivity index (χ0) is 14.0. The molecule has 5 nitrogen and oxygen atoms in total. The minimum absolute atomic E-state index is 0.350. The minimum Gasteiger partial charge on any atom is -0.493 e. The zero-order valence-electron chi connectivity index (χ0n) is 11.4. The molecular weight excluding hydrogens is 248 g/mol. The van der Waals surface area contributed by atoms with Crippen molar-refractivity contribution in [2.24, 2.45) is 0 Å². The van der Waals surface area contributed by atoms with Crippen molar-refractivity contribution in [3.63, 3.8) is 0 Å². The molecule has 0 amide bonds. The van der Waals surface area contributed by atoms with Crippen LogP contribution in [0.2, 0.25) is 0 Å². The van der Waals surface area contributed by atoms with Crippen molar-refractivity contribution in [1.29, 1.82) is 0 Å². The van der Waals surface area contributed by atoms with Gasteiger partial charge in [-0.1, -0.05) is 0 Å². The molecule has 0 aromatic heterocycles. The summed E-state index contributed by atoms with van der Waals surface area (Å²) in [5.41, 5.74) is 0.791. The van der Waals surface area contributed by atoms with Crippen LogP contribution in [-0.2, 0) is 21.6 Å². The van der Waals surface area contributed by atoms with Crippen LogP contribution in [-0.4, -0.2) is 32.4 Å². The Bertz CT molecular complexity index is 491. The average molecular weight is 266 g/mol. The van der Waals surface area contributed by atoms with Gasteiger partial charge in [-0.2, -0.15) is 0 Å². The van der Waals surface area contributed by atoms with Crippen LogP contribution in [0.3, 0.4) is 0 Å². The number of methoxy groups -OCH3 is 3. The van der Waals surface area contributed by atoms with E-state index in [1.807, 2.05) is 6.07 Å². The molecule has 1 fully saturated rings. The lowest BCUT2D eigenvalue weighted by atomic mass is 9.93. The van der Waals surface area contributed by atoms with E-state index in [9.17, 15) is 9.90 Å². The molecule has 1 aromatic carbocycles. The third-order valence-electron chi connectivity index (χ3n) is 3.57. The molecule has 104 valence electrons. The monoisotopic (exact) mass is 266 g/mol. The van der Waals surface area contributed by atoms with Crippen molar-refractivity contribution in [3.05, 3.63) is 23.3 Å². The predicted octanol–water partition coefficient (Wildman–Crippen LogP) is 1.97. The van der Waals surface area contributed by atoms with Crippen molar-refractivity contribution in [3.8, 4) is 11.5 Å². The lowest BCUT2D eigenvalue weighted by Gasteiger charge is -2.17. The summed E-state index contributed by atoms with van der Waals surface area (Å²) in [6.07, 6.45) is 1.31. The van der Waals surface area contributed by atoms with Crippen LogP contribution in [0.25, 0.3) is 0 Å². The van der Waals surface area contributed by atoms with Crippen molar-refractivity contribution in [2.75, 3.05) is 21.3 Å². The van der Waals surface area contributed by atoms with E-state index >= 15 is 0 Å². The number of hydrogen-bond donors (Lipinski definition) is 1. The lowest BCUT2D eigenvalue weighted by molar-refractivity contribution is -0.140. The third-order valence-corrected chi connectivity index (χ3v) is 3.57. The van der Waals surface area contributed by atoms with Crippen LogP contribution in [0.4, 0.5) is 0 Å². The number of carbonyl (C=O) groups is 1. The highest BCUT2D eigenvalue weighted by atomic mass is 16.5. The number of hydrogen-bond acceptors (Lipinski definition) is 4. The van der Waals surface area contributed by atoms with Crippen LogP contribution in [0, 0.1) is 0 Å². The molecule has 0 atom stereocenters. The molecule has 0 saturated heterocycles. The topological polar surface area (TPSA) is 65.0 Å². The molecule has 5 heteroatoms. The summed E-state index contributed by atoms with van der Waals surface area (Å²) < 4.78 is 15.7. The molecule has 1 saturated carbocycles. The number of rotatable bonds is 6. The van der Waals surface area contributed by atoms with Gasteiger partial charge in [-0.3, -0.25) is 4.79 Å². The second kappa shape index (κ2) is 5.09. The number of carboxylic acid groups (broad SMARTS) is 1. The van der Waals surface area contributed by atoms with Crippen molar-refractivity contribution < 1.29 is 24.1 Å². The molecule has 1 aromatic rings. The maximum atomic E-state index is 11.4. The van der Waals surface area contributed by atoms with Gasteiger partial charge in [-0.05, 0) is 30.5 Å². The van der Waals surface area contributed by atoms with Crippen LogP contribution in [0.15, 0.2) is 12.1 Å². The summed E-state index contributed by atoms with van der Waals surface area (Å²) in [5.74, 6) is 0.344. The predicted molar refractivity (Wildman–Crippen MR) is 68.8 cm³/mol.